The minimum Gasteiger partial charge on any atom is -0.460 e. The minimum absolute atomic E-state index is 0.00690. The third kappa shape index (κ3) is 10.7. The van der Waals surface area contributed by atoms with Crippen LogP contribution in [0.25, 0.3) is 11.1 Å². The number of hydrogen-bond donors (Lipinski definition) is 1. The number of aliphatic hydroxyl groups excluding tert-OH is 1. The molecule has 3 aliphatic rings. The first-order valence-corrected chi connectivity index (χ1v) is 16.8. The van der Waals surface area contributed by atoms with Crippen LogP contribution in [0, 0.1) is 0 Å². The molecular formula is C37H51NO7. The number of benzene rings is 2. The van der Waals surface area contributed by atoms with Crippen LogP contribution in [0.1, 0.15) is 94.6 Å². The molecule has 2 atom stereocenters. The van der Waals surface area contributed by atoms with Crippen LogP contribution >= 0.6 is 0 Å². The van der Waals surface area contributed by atoms with Crippen molar-refractivity contribution in [3.8, 4) is 11.1 Å². The smallest absolute Gasteiger partial charge is 0.410 e. The highest BCUT2D eigenvalue weighted by Gasteiger charge is 2.30. The number of carbonyl (C=O) groups excluding carboxylic acids is 2. The van der Waals surface area contributed by atoms with Crippen molar-refractivity contribution in [1.29, 1.82) is 0 Å². The Morgan fingerprint density at radius 1 is 0.889 bits per heavy atom. The molecule has 2 aliphatic carbocycles. The maximum atomic E-state index is 12.6. The van der Waals surface area contributed by atoms with Crippen LogP contribution in [-0.2, 0) is 23.7 Å². The summed E-state index contributed by atoms with van der Waals surface area (Å²) >= 11 is 0. The second kappa shape index (κ2) is 18.7. The minimum atomic E-state index is -0.560. The van der Waals surface area contributed by atoms with Gasteiger partial charge >= 0.3 is 12.1 Å². The van der Waals surface area contributed by atoms with Gasteiger partial charge in [-0.05, 0) is 60.8 Å². The van der Waals surface area contributed by atoms with Crippen molar-refractivity contribution < 1.29 is 33.6 Å². The Hall–Kier alpha value is -3.20. The van der Waals surface area contributed by atoms with Gasteiger partial charge in [0.1, 0.15) is 19.8 Å². The number of nitrogens with zero attached hydrogens (tertiary/aromatic N) is 1. The Labute approximate surface area is 268 Å². The van der Waals surface area contributed by atoms with Crippen LogP contribution in [0.3, 0.4) is 0 Å². The molecule has 1 aliphatic heterocycles. The molecule has 0 aromatic heterocycles. The van der Waals surface area contributed by atoms with E-state index in [1.54, 1.807) is 0 Å². The summed E-state index contributed by atoms with van der Waals surface area (Å²) in [6, 6.07) is 16.4. The zero-order chi connectivity index (χ0) is 31.9. The van der Waals surface area contributed by atoms with Crippen LogP contribution in [0.5, 0.6) is 0 Å². The second-order valence-corrected chi connectivity index (χ2v) is 12.1. The number of rotatable bonds is 11. The van der Waals surface area contributed by atoms with Gasteiger partial charge in [0, 0.05) is 12.5 Å². The molecule has 0 radical (unpaired) electrons. The summed E-state index contributed by atoms with van der Waals surface area (Å²) in [6.07, 6.45) is 13.7. The van der Waals surface area contributed by atoms with E-state index in [2.05, 4.69) is 30.8 Å². The third-order valence-electron chi connectivity index (χ3n) is 8.67. The number of amides is 1. The number of fused-ring (bicyclic) bond motifs is 3. The van der Waals surface area contributed by atoms with Crippen LogP contribution in [0.4, 0.5) is 4.79 Å². The lowest BCUT2D eigenvalue weighted by molar-refractivity contribution is -0.182. The molecule has 246 valence electrons. The predicted molar refractivity (Wildman–Crippen MR) is 175 cm³/mol. The molecule has 8 nitrogen and oxygen atoms in total. The van der Waals surface area contributed by atoms with Crippen LogP contribution in [0.2, 0.25) is 0 Å². The van der Waals surface area contributed by atoms with Gasteiger partial charge < -0.3 is 24.1 Å². The van der Waals surface area contributed by atoms with Crippen molar-refractivity contribution >= 4 is 12.1 Å². The molecule has 2 aromatic carbocycles. The molecule has 1 amide bonds. The Kier molecular flexibility index (Phi) is 14.4. The molecule has 2 fully saturated rings. The quantitative estimate of drug-likeness (QED) is 0.207. The topological polar surface area (TPSA) is 94.5 Å². The summed E-state index contributed by atoms with van der Waals surface area (Å²) in [5.74, 6) is -0.477. The maximum Gasteiger partial charge on any atom is 0.410 e. The van der Waals surface area contributed by atoms with E-state index < -0.39 is 18.4 Å². The summed E-state index contributed by atoms with van der Waals surface area (Å²) in [4.78, 5) is 25.8. The van der Waals surface area contributed by atoms with Gasteiger partial charge in [0.05, 0.1) is 18.8 Å². The lowest BCUT2D eigenvalue weighted by Gasteiger charge is -2.28. The normalized spacial score (nSPS) is 20.0. The SMILES string of the molecule is C=CCOC(=O)CN(CCC)C(=O)OCC1c2ccccc2-c2ccccc21.OC1CCCC(COC2CCCCCCC2)O1. The molecule has 1 heterocycles. The highest BCUT2D eigenvalue weighted by atomic mass is 16.6. The number of aliphatic hydroxyl groups is 1. The van der Waals surface area contributed by atoms with Gasteiger partial charge in [0.2, 0.25) is 0 Å². The van der Waals surface area contributed by atoms with Crippen molar-refractivity contribution in [1.82, 2.24) is 4.90 Å². The molecule has 0 bridgehead atoms. The summed E-state index contributed by atoms with van der Waals surface area (Å²) in [5, 5.41) is 9.42. The van der Waals surface area contributed by atoms with Crippen LogP contribution in [0.15, 0.2) is 61.2 Å². The van der Waals surface area contributed by atoms with E-state index in [1.807, 2.05) is 31.2 Å². The Balaban J connectivity index is 0.000000231. The summed E-state index contributed by atoms with van der Waals surface area (Å²) < 4.78 is 22.0. The number of ether oxygens (including phenoxy) is 4. The molecule has 2 unspecified atom stereocenters. The molecule has 1 N–H and O–H groups in total. The van der Waals surface area contributed by atoms with Gasteiger partial charge in [-0.25, -0.2) is 4.79 Å². The summed E-state index contributed by atoms with van der Waals surface area (Å²) in [5.41, 5.74) is 4.67. The van der Waals surface area contributed by atoms with E-state index in [0.29, 0.717) is 19.3 Å². The molecular weight excluding hydrogens is 570 g/mol. The largest absolute Gasteiger partial charge is 0.460 e. The second-order valence-electron chi connectivity index (χ2n) is 12.1. The van der Waals surface area contributed by atoms with Gasteiger partial charge in [-0.15, -0.1) is 0 Å². The van der Waals surface area contributed by atoms with Crippen molar-refractivity contribution in [2.45, 2.75) is 102 Å². The average Bonchev–Trinajstić information content (AvgIpc) is 3.36. The standard InChI is InChI=1S/C23H25NO4.C14H26O3/c1-3-13-24(15-22(25)27-14-4-2)23(26)28-16-21-19-11-7-5-9-17(19)18-10-6-8-12-20(18)21;15-14-10-6-9-13(17-14)11-16-12-7-4-2-1-3-5-8-12/h4-12,21H,2-3,13-16H2,1H3;12-15H,1-11H2. The molecule has 2 aromatic rings. The molecule has 45 heavy (non-hydrogen) atoms. The average molecular weight is 622 g/mol. The summed E-state index contributed by atoms with van der Waals surface area (Å²) in [6.45, 7) is 6.79. The number of carbonyl (C=O) groups is 2. The zero-order valence-corrected chi connectivity index (χ0v) is 26.9. The predicted octanol–water partition coefficient (Wildman–Crippen LogP) is 7.38. The van der Waals surface area contributed by atoms with Crippen LogP contribution < -0.4 is 0 Å². The highest BCUT2D eigenvalue weighted by molar-refractivity contribution is 5.80. The third-order valence-corrected chi connectivity index (χ3v) is 8.67. The molecule has 5 rings (SSSR count). The molecule has 1 saturated heterocycles. The van der Waals surface area contributed by atoms with Crippen molar-refractivity contribution in [3.63, 3.8) is 0 Å². The molecule has 1 saturated carbocycles. The van der Waals surface area contributed by atoms with Gasteiger partial charge in [-0.1, -0.05) is 100 Å². The monoisotopic (exact) mass is 621 g/mol. The van der Waals surface area contributed by atoms with Crippen LogP contribution in [-0.4, -0.2) is 73.5 Å². The van der Waals surface area contributed by atoms with E-state index in [0.717, 1.165) is 36.8 Å². The van der Waals surface area contributed by atoms with E-state index >= 15 is 0 Å². The Morgan fingerprint density at radius 3 is 2.16 bits per heavy atom. The van der Waals surface area contributed by atoms with Crippen molar-refractivity contribution in [2.24, 2.45) is 0 Å². The van der Waals surface area contributed by atoms with E-state index in [1.165, 1.54) is 67.0 Å². The molecule has 0 spiro atoms. The highest BCUT2D eigenvalue weighted by Crippen LogP contribution is 2.44. The van der Waals surface area contributed by atoms with E-state index in [9.17, 15) is 14.7 Å². The Bertz CT molecular complexity index is 1160. The lowest BCUT2D eigenvalue weighted by Crippen LogP contribution is -2.38. The van der Waals surface area contributed by atoms with Gasteiger partial charge in [-0.3, -0.25) is 9.69 Å². The van der Waals surface area contributed by atoms with Crippen molar-refractivity contribution in [2.75, 3.05) is 32.9 Å². The maximum absolute atomic E-state index is 12.6. The Morgan fingerprint density at radius 2 is 1.53 bits per heavy atom. The summed E-state index contributed by atoms with van der Waals surface area (Å²) in [7, 11) is 0. The van der Waals surface area contributed by atoms with E-state index in [-0.39, 0.29) is 31.8 Å². The van der Waals surface area contributed by atoms with Gasteiger partial charge in [0.25, 0.3) is 0 Å². The molecule has 8 heteroatoms. The number of hydrogen-bond acceptors (Lipinski definition) is 7. The fourth-order valence-electron chi connectivity index (χ4n) is 6.37. The lowest BCUT2D eigenvalue weighted by atomic mass is 9.98. The first-order valence-electron chi connectivity index (χ1n) is 16.8. The van der Waals surface area contributed by atoms with E-state index in [4.69, 9.17) is 18.9 Å². The van der Waals surface area contributed by atoms with Crippen molar-refractivity contribution in [3.05, 3.63) is 72.3 Å². The first kappa shape index (κ1) is 34.7. The fraction of sp³-hybridized carbons (Fsp3) is 0.568. The van der Waals surface area contributed by atoms with Gasteiger partial charge in [0.15, 0.2) is 6.29 Å². The first-order chi connectivity index (χ1) is 22.0. The zero-order valence-electron chi connectivity index (χ0n) is 26.9. The number of esters is 1. The fourth-order valence-corrected chi connectivity index (χ4v) is 6.37. The van der Waals surface area contributed by atoms with Gasteiger partial charge in [-0.2, -0.15) is 0 Å².